The van der Waals surface area contributed by atoms with E-state index in [0.717, 1.165) is 45.9 Å². The highest BCUT2D eigenvalue weighted by atomic mass is 16.3. The van der Waals surface area contributed by atoms with Gasteiger partial charge in [-0.2, -0.15) is 0 Å². The number of aliphatic hydroxyl groups excluding tert-OH is 1. The van der Waals surface area contributed by atoms with E-state index < -0.39 is 6.10 Å². The SMILES string of the molecule is Cc1ccc(C)n1-c1ccc([C@@H](O)CNC(C)(C)Cc2cccc(CC(=O)NCc3ccccc3)c2)cn1. The van der Waals surface area contributed by atoms with Crippen molar-refractivity contribution < 1.29 is 9.90 Å². The molecule has 0 aliphatic heterocycles. The second-order valence-electron chi connectivity index (χ2n) is 10.6. The van der Waals surface area contributed by atoms with Crippen LogP contribution >= 0.6 is 0 Å². The average Bonchev–Trinajstić information content (AvgIpc) is 3.24. The Morgan fingerprint density at radius 2 is 1.61 bits per heavy atom. The number of aliphatic hydroxyl groups is 1. The van der Waals surface area contributed by atoms with Crippen molar-refractivity contribution in [2.45, 2.75) is 58.7 Å². The van der Waals surface area contributed by atoms with E-state index in [0.29, 0.717) is 19.5 Å². The van der Waals surface area contributed by atoms with Gasteiger partial charge in [0, 0.05) is 41.8 Å². The molecule has 2 heterocycles. The highest BCUT2D eigenvalue weighted by Crippen LogP contribution is 2.19. The minimum absolute atomic E-state index is 0.00763. The molecular weight excluding hydrogens is 472 g/mol. The van der Waals surface area contributed by atoms with Crippen molar-refractivity contribution in [3.63, 3.8) is 0 Å². The molecule has 3 N–H and O–H groups in total. The van der Waals surface area contributed by atoms with Gasteiger partial charge in [0.15, 0.2) is 0 Å². The third-order valence-corrected chi connectivity index (χ3v) is 6.76. The molecule has 38 heavy (non-hydrogen) atoms. The maximum Gasteiger partial charge on any atom is 0.224 e. The molecular formula is C32H38N4O2. The summed E-state index contributed by atoms with van der Waals surface area (Å²) in [6.07, 6.45) is 2.20. The van der Waals surface area contributed by atoms with Crippen LogP contribution in [0.2, 0.25) is 0 Å². The number of rotatable bonds is 11. The number of aromatic nitrogens is 2. The lowest BCUT2D eigenvalue weighted by atomic mass is 9.93. The number of benzene rings is 2. The van der Waals surface area contributed by atoms with E-state index >= 15 is 0 Å². The highest BCUT2D eigenvalue weighted by molar-refractivity contribution is 5.78. The third-order valence-electron chi connectivity index (χ3n) is 6.76. The summed E-state index contributed by atoms with van der Waals surface area (Å²) in [6.45, 7) is 9.30. The van der Waals surface area contributed by atoms with Crippen LogP contribution in [0.4, 0.5) is 0 Å². The lowest BCUT2D eigenvalue weighted by Gasteiger charge is -2.28. The molecule has 198 valence electrons. The van der Waals surface area contributed by atoms with Crippen LogP contribution in [0.1, 0.15) is 53.6 Å². The predicted molar refractivity (Wildman–Crippen MR) is 152 cm³/mol. The predicted octanol–water partition coefficient (Wildman–Crippen LogP) is 4.99. The van der Waals surface area contributed by atoms with E-state index in [-0.39, 0.29) is 11.4 Å². The molecule has 0 fully saturated rings. The molecule has 6 nitrogen and oxygen atoms in total. The van der Waals surface area contributed by atoms with Crippen molar-refractivity contribution in [3.8, 4) is 5.82 Å². The van der Waals surface area contributed by atoms with Crippen molar-refractivity contribution in [1.82, 2.24) is 20.2 Å². The Labute approximate surface area is 225 Å². The molecule has 6 heteroatoms. The number of carbonyl (C=O) groups excluding carboxylic acids is 1. The van der Waals surface area contributed by atoms with Gasteiger partial charge in [-0.25, -0.2) is 4.98 Å². The Morgan fingerprint density at radius 1 is 0.921 bits per heavy atom. The van der Waals surface area contributed by atoms with Gasteiger partial charge in [-0.15, -0.1) is 0 Å². The highest BCUT2D eigenvalue weighted by Gasteiger charge is 2.20. The lowest BCUT2D eigenvalue weighted by Crippen LogP contribution is -2.43. The van der Waals surface area contributed by atoms with E-state index in [1.54, 1.807) is 6.20 Å². The Kier molecular flexibility index (Phi) is 8.77. The van der Waals surface area contributed by atoms with Gasteiger partial charge in [-0.1, -0.05) is 60.7 Å². The minimum atomic E-state index is -0.665. The van der Waals surface area contributed by atoms with Crippen LogP contribution in [0.15, 0.2) is 85.1 Å². The second kappa shape index (κ2) is 12.2. The number of β-amino-alcohol motifs (C(OH)–C–C–N with tert-alkyl or cyclic N) is 1. The Balaban J connectivity index is 1.29. The first-order valence-electron chi connectivity index (χ1n) is 13.1. The third kappa shape index (κ3) is 7.40. The fourth-order valence-electron chi connectivity index (χ4n) is 4.71. The topological polar surface area (TPSA) is 79.2 Å². The van der Waals surface area contributed by atoms with E-state index in [2.05, 4.69) is 72.1 Å². The number of hydrogen-bond donors (Lipinski definition) is 3. The van der Waals surface area contributed by atoms with Crippen LogP contribution in [0.25, 0.3) is 5.82 Å². The second-order valence-corrected chi connectivity index (χ2v) is 10.6. The molecule has 2 aromatic carbocycles. The quantitative estimate of drug-likeness (QED) is 0.266. The molecule has 0 radical (unpaired) electrons. The summed E-state index contributed by atoms with van der Waals surface area (Å²) in [6, 6.07) is 26.1. The molecule has 2 aromatic heterocycles. The van der Waals surface area contributed by atoms with E-state index in [1.165, 1.54) is 0 Å². The summed E-state index contributed by atoms with van der Waals surface area (Å²) in [5, 5.41) is 17.3. The van der Waals surface area contributed by atoms with Crippen molar-refractivity contribution in [2.75, 3.05) is 6.54 Å². The van der Waals surface area contributed by atoms with Gasteiger partial charge in [-0.3, -0.25) is 4.79 Å². The Hall–Kier alpha value is -3.74. The summed E-state index contributed by atoms with van der Waals surface area (Å²) in [7, 11) is 0. The zero-order chi connectivity index (χ0) is 27.1. The number of nitrogens with zero attached hydrogens (tertiary/aromatic N) is 2. The molecule has 0 saturated heterocycles. The smallest absolute Gasteiger partial charge is 0.224 e. The Morgan fingerprint density at radius 3 is 2.29 bits per heavy atom. The average molecular weight is 511 g/mol. The van der Waals surface area contributed by atoms with E-state index in [1.807, 2.05) is 54.6 Å². The van der Waals surface area contributed by atoms with Crippen molar-refractivity contribution in [3.05, 3.63) is 119 Å². The molecule has 0 bridgehead atoms. The summed E-state index contributed by atoms with van der Waals surface area (Å²) in [4.78, 5) is 17.0. The maximum absolute atomic E-state index is 12.5. The van der Waals surface area contributed by atoms with Gasteiger partial charge < -0.3 is 20.3 Å². The zero-order valence-corrected chi connectivity index (χ0v) is 22.7. The van der Waals surface area contributed by atoms with Crippen molar-refractivity contribution >= 4 is 5.91 Å². The van der Waals surface area contributed by atoms with Crippen LogP contribution < -0.4 is 10.6 Å². The van der Waals surface area contributed by atoms with Gasteiger partial charge in [0.1, 0.15) is 5.82 Å². The first kappa shape index (κ1) is 27.3. The monoisotopic (exact) mass is 510 g/mol. The van der Waals surface area contributed by atoms with Gasteiger partial charge in [0.25, 0.3) is 0 Å². The van der Waals surface area contributed by atoms with Crippen LogP contribution in [-0.4, -0.2) is 32.6 Å². The molecule has 0 spiro atoms. The standard InChI is InChI=1S/C32H38N4O2/c1-23-13-14-24(2)36(23)30-16-15-28(21-33-30)29(37)22-35-32(3,4)19-27-12-8-11-26(17-27)18-31(38)34-20-25-9-6-5-7-10-25/h5-17,21,29,35,37H,18-20,22H2,1-4H3,(H,34,38)/t29-/m0/s1. The first-order chi connectivity index (χ1) is 18.2. The maximum atomic E-state index is 12.5. The summed E-state index contributed by atoms with van der Waals surface area (Å²) in [5.74, 6) is 0.858. The van der Waals surface area contributed by atoms with Crippen molar-refractivity contribution in [2.24, 2.45) is 0 Å². The number of hydrogen-bond acceptors (Lipinski definition) is 4. The molecule has 1 amide bonds. The number of pyridine rings is 1. The van der Waals surface area contributed by atoms with Gasteiger partial charge in [-0.05, 0) is 69.0 Å². The van der Waals surface area contributed by atoms with Crippen LogP contribution in [0.5, 0.6) is 0 Å². The largest absolute Gasteiger partial charge is 0.387 e. The fraction of sp³-hybridized carbons (Fsp3) is 0.312. The first-order valence-corrected chi connectivity index (χ1v) is 13.1. The normalized spacial score (nSPS) is 12.3. The molecule has 4 aromatic rings. The molecule has 4 rings (SSSR count). The molecule has 0 saturated carbocycles. The number of carbonyl (C=O) groups is 1. The molecule has 1 atom stereocenters. The summed E-state index contributed by atoms with van der Waals surface area (Å²) >= 11 is 0. The molecule has 0 unspecified atom stereocenters. The van der Waals surface area contributed by atoms with E-state index in [9.17, 15) is 9.90 Å². The fourth-order valence-corrected chi connectivity index (χ4v) is 4.71. The number of nitrogens with one attached hydrogen (secondary N) is 2. The van der Waals surface area contributed by atoms with Gasteiger partial charge >= 0.3 is 0 Å². The Bertz CT molecular complexity index is 1320. The zero-order valence-electron chi connectivity index (χ0n) is 22.7. The van der Waals surface area contributed by atoms with Gasteiger partial charge in [0.05, 0.1) is 12.5 Å². The van der Waals surface area contributed by atoms with Crippen LogP contribution in [0.3, 0.4) is 0 Å². The van der Waals surface area contributed by atoms with E-state index in [4.69, 9.17) is 0 Å². The summed E-state index contributed by atoms with van der Waals surface area (Å²) < 4.78 is 2.10. The van der Waals surface area contributed by atoms with Gasteiger partial charge in [0.2, 0.25) is 5.91 Å². The molecule has 0 aliphatic rings. The number of amides is 1. The van der Waals surface area contributed by atoms with Crippen LogP contribution in [-0.2, 0) is 24.2 Å². The van der Waals surface area contributed by atoms with Crippen LogP contribution in [0, 0.1) is 13.8 Å². The lowest BCUT2D eigenvalue weighted by molar-refractivity contribution is -0.120. The number of aryl methyl sites for hydroxylation is 2. The summed E-state index contributed by atoms with van der Waals surface area (Å²) in [5.41, 5.74) is 6.01. The van der Waals surface area contributed by atoms with Crippen molar-refractivity contribution in [1.29, 1.82) is 0 Å². The molecule has 0 aliphatic carbocycles. The minimum Gasteiger partial charge on any atom is -0.387 e.